The van der Waals surface area contributed by atoms with E-state index in [1.807, 2.05) is 6.92 Å². The van der Waals surface area contributed by atoms with Crippen LogP contribution in [0.5, 0.6) is 5.75 Å². The number of nitrogens with one attached hydrogen (secondary N) is 2. The van der Waals surface area contributed by atoms with Gasteiger partial charge in [0.1, 0.15) is 18.2 Å². The molecule has 2 N–H and O–H groups in total. The molecule has 7 heteroatoms. The van der Waals surface area contributed by atoms with Crippen LogP contribution in [0.25, 0.3) is 0 Å². The van der Waals surface area contributed by atoms with Crippen molar-refractivity contribution in [2.75, 3.05) is 6.54 Å². The summed E-state index contributed by atoms with van der Waals surface area (Å²) in [6.07, 6.45) is 2.15. The molecule has 2 aromatic rings. The van der Waals surface area contributed by atoms with Gasteiger partial charge in [0.25, 0.3) is 0 Å². The summed E-state index contributed by atoms with van der Waals surface area (Å²) in [4.78, 5) is 22.8. The number of carbonyl (C=O) groups is 2. The predicted octanol–water partition coefficient (Wildman–Crippen LogP) is 2.38. The number of benzene rings is 2. The largest absolute Gasteiger partial charge is 0.489 e. The Kier molecular flexibility index (Phi) is 7.30. The fourth-order valence-electron chi connectivity index (χ4n) is 1.96. The summed E-state index contributed by atoms with van der Waals surface area (Å²) in [5.41, 5.74) is 3.33. The fourth-order valence-corrected chi connectivity index (χ4v) is 1.96. The van der Waals surface area contributed by atoms with Crippen LogP contribution in [0.3, 0.4) is 0 Å². The molecule has 26 heavy (non-hydrogen) atoms. The van der Waals surface area contributed by atoms with E-state index in [-0.39, 0.29) is 12.4 Å². The maximum atomic E-state index is 13.5. The van der Waals surface area contributed by atoms with Crippen molar-refractivity contribution >= 4 is 18.0 Å². The van der Waals surface area contributed by atoms with Crippen LogP contribution in [0, 0.1) is 5.82 Å². The smallest absolute Gasteiger partial charge is 0.329 e. The van der Waals surface area contributed by atoms with E-state index in [9.17, 15) is 14.0 Å². The topological polar surface area (TPSA) is 79.8 Å². The molecule has 0 saturated carbocycles. The van der Waals surface area contributed by atoms with E-state index in [0.717, 1.165) is 6.42 Å². The van der Waals surface area contributed by atoms with E-state index in [2.05, 4.69) is 15.8 Å². The molecule has 0 atom stereocenters. The zero-order valence-electron chi connectivity index (χ0n) is 14.4. The Labute approximate surface area is 151 Å². The molecule has 0 radical (unpaired) electrons. The molecule has 0 aliphatic carbocycles. The van der Waals surface area contributed by atoms with Crippen molar-refractivity contribution < 1.29 is 18.7 Å². The lowest BCUT2D eigenvalue weighted by molar-refractivity contribution is -0.139. The highest BCUT2D eigenvalue weighted by atomic mass is 19.1. The van der Waals surface area contributed by atoms with Gasteiger partial charge in [-0.05, 0) is 42.3 Å². The van der Waals surface area contributed by atoms with Crippen LogP contribution in [-0.2, 0) is 16.2 Å². The van der Waals surface area contributed by atoms with Crippen LogP contribution in [0.4, 0.5) is 4.39 Å². The number of hydrogen-bond acceptors (Lipinski definition) is 4. The molecule has 0 aromatic heterocycles. The van der Waals surface area contributed by atoms with Crippen molar-refractivity contribution in [1.82, 2.24) is 10.7 Å². The van der Waals surface area contributed by atoms with Crippen molar-refractivity contribution in [2.24, 2.45) is 5.10 Å². The minimum absolute atomic E-state index is 0.128. The Balaban J connectivity index is 1.82. The van der Waals surface area contributed by atoms with Gasteiger partial charge in [-0.1, -0.05) is 25.1 Å². The molecule has 2 aromatic carbocycles. The number of ether oxygens (including phenoxy) is 1. The first-order valence-electron chi connectivity index (χ1n) is 8.17. The second-order valence-electron chi connectivity index (χ2n) is 5.40. The number of amides is 2. The molecule has 0 aliphatic rings. The third kappa shape index (κ3) is 6.01. The lowest BCUT2D eigenvalue weighted by Crippen LogP contribution is -2.38. The van der Waals surface area contributed by atoms with Gasteiger partial charge in [0.05, 0.1) is 6.21 Å². The molecule has 2 rings (SSSR count). The minimum atomic E-state index is -0.820. The highest BCUT2D eigenvalue weighted by molar-refractivity contribution is 6.35. The molecular formula is C19H20FN3O3. The van der Waals surface area contributed by atoms with Crippen LogP contribution in [0.1, 0.15) is 24.5 Å². The summed E-state index contributed by atoms with van der Waals surface area (Å²) in [6.45, 7) is 2.45. The van der Waals surface area contributed by atoms with Gasteiger partial charge in [0.15, 0.2) is 0 Å². The molecule has 0 heterocycles. The lowest BCUT2D eigenvalue weighted by Gasteiger charge is -2.07. The molecule has 0 bridgehead atoms. The summed E-state index contributed by atoms with van der Waals surface area (Å²) < 4.78 is 19.1. The van der Waals surface area contributed by atoms with Crippen molar-refractivity contribution in [3.63, 3.8) is 0 Å². The van der Waals surface area contributed by atoms with Gasteiger partial charge in [-0.2, -0.15) is 5.10 Å². The Morgan fingerprint density at radius 3 is 2.54 bits per heavy atom. The molecular weight excluding hydrogens is 337 g/mol. The zero-order valence-corrected chi connectivity index (χ0v) is 14.4. The van der Waals surface area contributed by atoms with E-state index in [0.29, 0.717) is 23.4 Å². The van der Waals surface area contributed by atoms with E-state index < -0.39 is 11.8 Å². The Morgan fingerprint density at radius 1 is 1.12 bits per heavy atom. The van der Waals surface area contributed by atoms with Crippen LogP contribution in [-0.4, -0.2) is 24.6 Å². The van der Waals surface area contributed by atoms with E-state index in [1.54, 1.807) is 42.5 Å². The summed E-state index contributed by atoms with van der Waals surface area (Å²) >= 11 is 0. The Hall–Kier alpha value is -3.22. The SMILES string of the molecule is CCCNC(=O)C(=O)N/N=C\c1ccc(OCc2ccccc2F)cc1. The van der Waals surface area contributed by atoms with E-state index in [1.165, 1.54) is 12.3 Å². The van der Waals surface area contributed by atoms with Gasteiger partial charge in [-0.3, -0.25) is 9.59 Å². The molecule has 0 saturated heterocycles. The maximum absolute atomic E-state index is 13.5. The minimum Gasteiger partial charge on any atom is -0.489 e. The van der Waals surface area contributed by atoms with Crippen LogP contribution in [0.2, 0.25) is 0 Å². The third-order valence-electron chi connectivity index (χ3n) is 3.35. The van der Waals surface area contributed by atoms with Gasteiger partial charge in [0, 0.05) is 12.1 Å². The quantitative estimate of drug-likeness (QED) is 0.454. The van der Waals surface area contributed by atoms with Gasteiger partial charge in [0.2, 0.25) is 0 Å². The number of rotatable bonds is 7. The number of hydrazone groups is 1. The number of hydrogen-bond donors (Lipinski definition) is 2. The summed E-state index contributed by atoms with van der Waals surface area (Å²) in [6, 6.07) is 13.3. The number of halogens is 1. The second kappa shape index (κ2) is 9.93. The van der Waals surface area contributed by atoms with Crippen molar-refractivity contribution in [3.05, 3.63) is 65.5 Å². The molecule has 2 amide bonds. The summed E-state index contributed by atoms with van der Waals surface area (Å²) in [5.74, 6) is -1.27. The maximum Gasteiger partial charge on any atom is 0.329 e. The summed E-state index contributed by atoms with van der Waals surface area (Å²) in [7, 11) is 0. The molecule has 0 aliphatic heterocycles. The predicted molar refractivity (Wildman–Crippen MR) is 96.2 cm³/mol. The van der Waals surface area contributed by atoms with Gasteiger partial charge in [-0.15, -0.1) is 0 Å². The van der Waals surface area contributed by atoms with Crippen LogP contribution in [0.15, 0.2) is 53.6 Å². The second-order valence-corrected chi connectivity index (χ2v) is 5.40. The van der Waals surface area contributed by atoms with Crippen LogP contribution < -0.4 is 15.5 Å². The standard InChI is InChI=1S/C19H20FN3O3/c1-2-11-21-18(24)19(25)23-22-12-14-7-9-16(10-8-14)26-13-15-5-3-4-6-17(15)20/h3-10,12H,2,11,13H2,1H3,(H,21,24)(H,23,25)/b22-12-. The number of nitrogens with zero attached hydrogens (tertiary/aromatic N) is 1. The first-order valence-corrected chi connectivity index (χ1v) is 8.17. The van der Waals surface area contributed by atoms with Crippen molar-refractivity contribution in [1.29, 1.82) is 0 Å². The molecule has 6 nitrogen and oxygen atoms in total. The highest BCUT2D eigenvalue weighted by Gasteiger charge is 2.10. The van der Waals surface area contributed by atoms with E-state index >= 15 is 0 Å². The average Bonchev–Trinajstić information content (AvgIpc) is 2.66. The fraction of sp³-hybridized carbons (Fsp3) is 0.211. The first kappa shape index (κ1) is 19.1. The molecule has 0 spiro atoms. The van der Waals surface area contributed by atoms with Crippen LogP contribution >= 0.6 is 0 Å². The van der Waals surface area contributed by atoms with E-state index in [4.69, 9.17) is 4.74 Å². The zero-order chi connectivity index (χ0) is 18.8. The molecule has 0 unspecified atom stereocenters. The Bertz CT molecular complexity index is 776. The normalized spacial score (nSPS) is 10.5. The third-order valence-corrected chi connectivity index (χ3v) is 3.35. The monoisotopic (exact) mass is 357 g/mol. The van der Waals surface area contributed by atoms with Gasteiger partial charge >= 0.3 is 11.8 Å². The van der Waals surface area contributed by atoms with Gasteiger partial charge < -0.3 is 10.1 Å². The average molecular weight is 357 g/mol. The van der Waals surface area contributed by atoms with Crippen molar-refractivity contribution in [3.8, 4) is 5.75 Å². The summed E-state index contributed by atoms with van der Waals surface area (Å²) in [5, 5.41) is 6.18. The van der Waals surface area contributed by atoms with Crippen molar-refractivity contribution in [2.45, 2.75) is 20.0 Å². The highest BCUT2D eigenvalue weighted by Crippen LogP contribution is 2.15. The van der Waals surface area contributed by atoms with Gasteiger partial charge in [-0.25, -0.2) is 9.82 Å². The Morgan fingerprint density at radius 2 is 1.85 bits per heavy atom. The first-order chi connectivity index (χ1) is 12.6. The molecule has 0 fully saturated rings. The lowest BCUT2D eigenvalue weighted by atomic mass is 10.2. The molecule has 136 valence electrons. The number of carbonyl (C=O) groups excluding carboxylic acids is 2.